The van der Waals surface area contributed by atoms with Gasteiger partial charge in [0, 0.05) is 30.2 Å². The molecule has 1 N–H and O–H groups in total. The van der Waals surface area contributed by atoms with Crippen LogP contribution in [0.15, 0.2) is 10.9 Å². The van der Waals surface area contributed by atoms with Gasteiger partial charge in [0.2, 0.25) is 0 Å². The Morgan fingerprint density at radius 3 is 2.67 bits per heavy atom. The lowest BCUT2D eigenvalue weighted by Crippen LogP contribution is -2.22. The number of aromatic nitrogens is 3. The fourth-order valence-electron chi connectivity index (χ4n) is 2.57. The first kappa shape index (κ1) is 15.3. The second-order valence-corrected chi connectivity index (χ2v) is 5.32. The third kappa shape index (κ3) is 2.99. The average molecular weight is 291 g/mol. The van der Waals surface area contributed by atoms with Gasteiger partial charge in [-0.05, 0) is 25.8 Å². The number of carbonyl (C=O) groups is 1. The predicted octanol–water partition coefficient (Wildman–Crippen LogP) is 2.09. The van der Waals surface area contributed by atoms with Crippen LogP contribution in [0, 0.1) is 13.8 Å². The zero-order chi connectivity index (χ0) is 15.6. The fraction of sp³-hybridized carbons (Fsp3) is 0.533. The van der Waals surface area contributed by atoms with E-state index >= 15 is 0 Å². The Kier molecular flexibility index (Phi) is 4.45. The molecule has 0 spiro atoms. The molecular weight excluding hydrogens is 270 g/mol. The van der Waals surface area contributed by atoms with Crippen LogP contribution in [-0.4, -0.2) is 25.4 Å². The molecule has 0 amide bonds. The van der Waals surface area contributed by atoms with Crippen molar-refractivity contribution < 1.29 is 9.90 Å². The monoisotopic (exact) mass is 291 g/mol. The minimum absolute atomic E-state index is 0.0844. The van der Waals surface area contributed by atoms with E-state index in [2.05, 4.69) is 12.0 Å². The summed E-state index contributed by atoms with van der Waals surface area (Å²) in [6, 6.07) is 1.56. The molecule has 114 valence electrons. The van der Waals surface area contributed by atoms with Crippen LogP contribution in [0.25, 0.3) is 11.0 Å². The number of aliphatic carboxylic acids is 1. The number of carboxylic acid groups (broad SMARTS) is 1. The van der Waals surface area contributed by atoms with Gasteiger partial charge in [0.1, 0.15) is 0 Å². The van der Waals surface area contributed by atoms with E-state index in [9.17, 15) is 9.59 Å². The molecule has 0 aliphatic rings. The summed E-state index contributed by atoms with van der Waals surface area (Å²) in [6.45, 7) is 6.96. The minimum Gasteiger partial charge on any atom is -0.481 e. The highest BCUT2D eigenvalue weighted by atomic mass is 16.4. The lowest BCUT2D eigenvalue weighted by molar-refractivity contribution is -0.137. The molecular formula is C15H21N3O3. The highest BCUT2D eigenvalue weighted by Gasteiger charge is 2.15. The van der Waals surface area contributed by atoms with Crippen molar-refractivity contribution in [3.8, 4) is 0 Å². The quantitative estimate of drug-likeness (QED) is 0.884. The lowest BCUT2D eigenvalue weighted by atomic mass is 10.1. The van der Waals surface area contributed by atoms with Crippen LogP contribution < -0.4 is 5.56 Å². The zero-order valence-electron chi connectivity index (χ0n) is 12.7. The topological polar surface area (TPSA) is 77.1 Å². The van der Waals surface area contributed by atoms with Gasteiger partial charge >= 0.3 is 5.97 Å². The van der Waals surface area contributed by atoms with Crippen molar-refractivity contribution in [1.82, 2.24) is 14.3 Å². The smallest absolute Gasteiger partial charge is 0.305 e. The van der Waals surface area contributed by atoms with Crippen molar-refractivity contribution in [2.45, 2.75) is 53.1 Å². The molecule has 6 nitrogen and oxygen atoms in total. The molecule has 2 aromatic rings. The Balaban J connectivity index is 2.57. The fourth-order valence-corrected chi connectivity index (χ4v) is 2.57. The van der Waals surface area contributed by atoms with Crippen molar-refractivity contribution in [3.63, 3.8) is 0 Å². The molecule has 2 heterocycles. The molecule has 2 aromatic heterocycles. The normalized spacial score (nSPS) is 11.2. The van der Waals surface area contributed by atoms with Crippen molar-refractivity contribution in [3.05, 3.63) is 27.7 Å². The van der Waals surface area contributed by atoms with Crippen LogP contribution in [0.3, 0.4) is 0 Å². The maximum atomic E-state index is 12.1. The summed E-state index contributed by atoms with van der Waals surface area (Å²) in [6.07, 6.45) is 2.01. The number of pyridine rings is 1. The number of nitrogens with zero attached hydrogens (tertiary/aromatic N) is 3. The molecule has 0 fully saturated rings. The number of carboxylic acids is 1. The van der Waals surface area contributed by atoms with Gasteiger partial charge < -0.3 is 5.11 Å². The molecule has 2 rings (SSSR count). The van der Waals surface area contributed by atoms with Crippen molar-refractivity contribution in [2.24, 2.45) is 0 Å². The first-order valence-corrected chi connectivity index (χ1v) is 7.25. The third-order valence-corrected chi connectivity index (χ3v) is 3.72. The number of fused-ring (bicyclic) bond motifs is 1. The summed E-state index contributed by atoms with van der Waals surface area (Å²) in [4.78, 5) is 22.9. The molecule has 0 saturated heterocycles. The zero-order valence-corrected chi connectivity index (χ0v) is 12.7. The van der Waals surface area contributed by atoms with Gasteiger partial charge in [0.25, 0.3) is 5.56 Å². The van der Waals surface area contributed by atoms with Crippen LogP contribution in [0.4, 0.5) is 0 Å². The Morgan fingerprint density at radius 2 is 2.05 bits per heavy atom. The standard InChI is InChI=1S/C15H21N3O3/c1-4-5-7-18-11(3)14-10(2)9-12(19)17(15(14)16-18)8-6-13(20)21/h9H,4-8H2,1-3H3,(H,20,21). The molecule has 0 aliphatic carbocycles. The van der Waals surface area contributed by atoms with E-state index in [1.54, 1.807) is 6.07 Å². The Bertz CT molecular complexity index is 728. The number of aryl methyl sites for hydroxylation is 4. The minimum atomic E-state index is -0.919. The SMILES string of the molecule is CCCCn1nc2c(c(C)cc(=O)n2CCC(=O)O)c1C. The molecule has 0 radical (unpaired) electrons. The van der Waals surface area contributed by atoms with Crippen molar-refractivity contribution in [2.75, 3.05) is 0 Å². The molecule has 0 saturated carbocycles. The second kappa shape index (κ2) is 6.11. The summed E-state index contributed by atoms with van der Waals surface area (Å²) in [5.74, 6) is -0.919. The van der Waals surface area contributed by atoms with Gasteiger partial charge in [-0.2, -0.15) is 5.10 Å². The van der Waals surface area contributed by atoms with Crippen LogP contribution in [-0.2, 0) is 17.9 Å². The molecule has 6 heteroatoms. The average Bonchev–Trinajstić information content (AvgIpc) is 2.73. The van der Waals surface area contributed by atoms with E-state index in [4.69, 9.17) is 5.11 Å². The Morgan fingerprint density at radius 1 is 1.33 bits per heavy atom. The summed E-state index contributed by atoms with van der Waals surface area (Å²) < 4.78 is 3.38. The summed E-state index contributed by atoms with van der Waals surface area (Å²) in [5.41, 5.74) is 2.32. The highest BCUT2D eigenvalue weighted by Crippen LogP contribution is 2.20. The number of unbranched alkanes of at least 4 members (excludes halogenated alkanes) is 1. The van der Waals surface area contributed by atoms with E-state index in [0.29, 0.717) is 5.65 Å². The van der Waals surface area contributed by atoms with Crippen molar-refractivity contribution >= 4 is 17.0 Å². The van der Waals surface area contributed by atoms with E-state index in [1.165, 1.54) is 4.57 Å². The van der Waals surface area contributed by atoms with Gasteiger partial charge in [-0.25, -0.2) is 0 Å². The molecule has 21 heavy (non-hydrogen) atoms. The maximum Gasteiger partial charge on any atom is 0.305 e. The van der Waals surface area contributed by atoms with Crippen LogP contribution >= 0.6 is 0 Å². The molecule has 0 aliphatic heterocycles. The van der Waals surface area contributed by atoms with Gasteiger partial charge in [0.15, 0.2) is 5.65 Å². The number of hydrogen-bond acceptors (Lipinski definition) is 3. The van der Waals surface area contributed by atoms with Crippen molar-refractivity contribution in [1.29, 1.82) is 0 Å². The third-order valence-electron chi connectivity index (χ3n) is 3.72. The van der Waals surface area contributed by atoms with Gasteiger partial charge in [-0.3, -0.25) is 18.8 Å². The lowest BCUT2D eigenvalue weighted by Gasteiger charge is -2.06. The molecule has 0 unspecified atom stereocenters. The number of rotatable bonds is 6. The first-order chi connectivity index (χ1) is 9.95. The second-order valence-electron chi connectivity index (χ2n) is 5.32. The Hall–Kier alpha value is -2.11. The Labute approximate surface area is 123 Å². The predicted molar refractivity (Wildman–Crippen MR) is 80.6 cm³/mol. The number of hydrogen-bond donors (Lipinski definition) is 1. The summed E-state index contributed by atoms with van der Waals surface area (Å²) in [7, 11) is 0. The first-order valence-electron chi connectivity index (χ1n) is 7.25. The maximum absolute atomic E-state index is 12.1. The van der Waals surface area contributed by atoms with Crippen LogP contribution in [0.1, 0.15) is 37.4 Å². The summed E-state index contributed by atoms with van der Waals surface area (Å²) in [5, 5.41) is 14.3. The largest absolute Gasteiger partial charge is 0.481 e. The van der Waals surface area contributed by atoms with Gasteiger partial charge in [-0.15, -0.1) is 0 Å². The van der Waals surface area contributed by atoms with E-state index in [-0.39, 0.29) is 18.5 Å². The van der Waals surface area contributed by atoms with Gasteiger partial charge in [-0.1, -0.05) is 13.3 Å². The van der Waals surface area contributed by atoms with E-state index in [1.807, 2.05) is 18.5 Å². The van der Waals surface area contributed by atoms with E-state index < -0.39 is 5.97 Å². The highest BCUT2D eigenvalue weighted by molar-refractivity contribution is 5.82. The molecule has 0 bridgehead atoms. The summed E-state index contributed by atoms with van der Waals surface area (Å²) >= 11 is 0. The van der Waals surface area contributed by atoms with Crippen LogP contribution in [0.2, 0.25) is 0 Å². The molecule has 0 aromatic carbocycles. The molecule has 0 atom stereocenters. The van der Waals surface area contributed by atoms with E-state index in [0.717, 1.165) is 36.0 Å². The van der Waals surface area contributed by atoms with Gasteiger partial charge in [0.05, 0.1) is 6.42 Å². The van der Waals surface area contributed by atoms with Crippen LogP contribution in [0.5, 0.6) is 0 Å².